The SMILES string of the molecule is CN=C(NCCNC(=O)c1cccnc1)NC1CCN(c2cccs2)CC1.I. The van der Waals surface area contributed by atoms with Gasteiger partial charge in [-0.2, -0.15) is 0 Å². The molecule has 0 atom stereocenters. The molecule has 152 valence electrons. The van der Waals surface area contributed by atoms with Crippen molar-refractivity contribution in [3.8, 4) is 0 Å². The number of aliphatic imine (C=N–C) groups is 1. The summed E-state index contributed by atoms with van der Waals surface area (Å²) in [6.45, 7) is 3.23. The number of amides is 1. The monoisotopic (exact) mass is 514 g/mol. The number of rotatable bonds is 6. The summed E-state index contributed by atoms with van der Waals surface area (Å²) in [7, 11) is 1.77. The summed E-state index contributed by atoms with van der Waals surface area (Å²) >= 11 is 1.79. The smallest absolute Gasteiger partial charge is 0.252 e. The Labute approximate surface area is 187 Å². The number of pyridine rings is 1. The molecule has 3 N–H and O–H groups in total. The number of carbonyl (C=O) groups excluding carboxylic acids is 1. The molecule has 2 aromatic rings. The molecule has 3 rings (SSSR count). The third-order valence-electron chi connectivity index (χ3n) is 4.50. The van der Waals surface area contributed by atoms with Gasteiger partial charge in [0.2, 0.25) is 0 Å². The van der Waals surface area contributed by atoms with Gasteiger partial charge < -0.3 is 20.9 Å². The zero-order valence-electron chi connectivity index (χ0n) is 15.9. The van der Waals surface area contributed by atoms with Crippen molar-refractivity contribution in [3.05, 3.63) is 47.6 Å². The third-order valence-corrected chi connectivity index (χ3v) is 5.43. The molecule has 0 spiro atoms. The molecule has 0 saturated carbocycles. The fourth-order valence-electron chi connectivity index (χ4n) is 3.04. The highest BCUT2D eigenvalue weighted by Gasteiger charge is 2.20. The van der Waals surface area contributed by atoms with Crippen molar-refractivity contribution in [3.63, 3.8) is 0 Å². The van der Waals surface area contributed by atoms with Crippen LogP contribution in [0.15, 0.2) is 47.0 Å². The Bertz CT molecular complexity index is 732. The summed E-state index contributed by atoms with van der Waals surface area (Å²) in [5.41, 5.74) is 0.567. The Morgan fingerprint density at radius 2 is 2.04 bits per heavy atom. The van der Waals surface area contributed by atoms with Gasteiger partial charge in [-0.3, -0.25) is 14.8 Å². The van der Waals surface area contributed by atoms with Gasteiger partial charge in [-0.15, -0.1) is 35.3 Å². The number of piperidine rings is 1. The quantitative estimate of drug-likeness (QED) is 0.239. The lowest BCUT2D eigenvalue weighted by Gasteiger charge is -2.33. The molecule has 3 heterocycles. The van der Waals surface area contributed by atoms with Gasteiger partial charge in [0, 0.05) is 51.7 Å². The molecule has 28 heavy (non-hydrogen) atoms. The number of halogens is 1. The largest absolute Gasteiger partial charge is 0.363 e. The Kier molecular flexibility index (Phi) is 9.48. The minimum Gasteiger partial charge on any atom is -0.363 e. The maximum atomic E-state index is 12.0. The highest BCUT2D eigenvalue weighted by molar-refractivity contribution is 14.0. The van der Waals surface area contributed by atoms with E-state index in [1.807, 2.05) is 0 Å². The third kappa shape index (κ3) is 6.62. The van der Waals surface area contributed by atoms with Crippen LogP contribution in [-0.2, 0) is 0 Å². The minimum atomic E-state index is -0.117. The summed E-state index contributed by atoms with van der Waals surface area (Å²) < 4.78 is 0. The van der Waals surface area contributed by atoms with Gasteiger partial charge in [-0.05, 0) is 42.5 Å². The summed E-state index contributed by atoms with van der Waals surface area (Å²) in [6, 6.07) is 8.20. The van der Waals surface area contributed by atoms with E-state index in [1.165, 1.54) is 5.00 Å². The second-order valence-corrected chi connectivity index (χ2v) is 7.28. The molecule has 0 aliphatic carbocycles. The highest BCUT2D eigenvalue weighted by atomic mass is 127. The van der Waals surface area contributed by atoms with Crippen molar-refractivity contribution in [2.75, 3.05) is 38.1 Å². The number of anilines is 1. The molecule has 0 radical (unpaired) electrons. The van der Waals surface area contributed by atoms with E-state index in [0.29, 0.717) is 24.7 Å². The molecule has 1 fully saturated rings. The lowest BCUT2D eigenvalue weighted by molar-refractivity contribution is 0.0954. The number of hydrogen-bond acceptors (Lipinski definition) is 5. The summed E-state index contributed by atoms with van der Waals surface area (Å²) in [6.07, 6.45) is 5.37. The molecule has 1 saturated heterocycles. The van der Waals surface area contributed by atoms with Crippen LogP contribution < -0.4 is 20.9 Å². The van der Waals surface area contributed by atoms with Crippen molar-refractivity contribution >= 4 is 52.2 Å². The summed E-state index contributed by atoms with van der Waals surface area (Å²) in [5.74, 6) is 0.661. The van der Waals surface area contributed by atoms with Crippen LogP contribution in [0.25, 0.3) is 0 Å². The lowest BCUT2D eigenvalue weighted by Crippen LogP contribution is -2.49. The van der Waals surface area contributed by atoms with Crippen LogP contribution >= 0.6 is 35.3 Å². The van der Waals surface area contributed by atoms with Gasteiger partial charge in [-0.25, -0.2) is 0 Å². The maximum absolute atomic E-state index is 12.0. The van der Waals surface area contributed by atoms with E-state index < -0.39 is 0 Å². The summed E-state index contributed by atoms with van der Waals surface area (Å²) in [5, 5.41) is 13.1. The number of aromatic nitrogens is 1. The number of carbonyl (C=O) groups is 1. The molecule has 0 aromatic carbocycles. The van der Waals surface area contributed by atoms with Crippen LogP contribution in [0.2, 0.25) is 0 Å². The van der Waals surface area contributed by atoms with E-state index in [4.69, 9.17) is 0 Å². The summed E-state index contributed by atoms with van der Waals surface area (Å²) in [4.78, 5) is 22.7. The van der Waals surface area contributed by atoms with Crippen molar-refractivity contribution in [1.82, 2.24) is 20.9 Å². The van der Waals surface area contributed by atoms with Gasteiger partial charge in [0.1, 0.15) is 0 Å². The van der Waals surface area contributed by atoms with Crippen molar-refractivity contribution < 1.29 is 4.79 Å². The average molecular weight is 514 g/mol. The molecule has 1 aliphatic heterocycles. The second kappa shape index (κ2) is 11.8. The zero-order valence-corrected chi connectivity index (χ0v) is 19.1. The number of nitrogens with one attached hydrogen (secondary N) is 3. The first-order chi connectivity index (χ1) is 13.3. The number of nitrogens with zero attached hydrogens (tertiary/aromatic N) is 3. The fraction of sp³-hybridized carbons (Fsp3) is 0.421. The average Bonchev–Trinajstić information content (AvgIpc) is 3.26. The van der Waals surface area contributed by atoms with Gasteiger partial charge in [0.05, 0.1) is 10.6 Å². The standard InChI is InChI=1S/C19H26N6OS.HI/c1-20-19(23-10-9-22-18(26)15-4-2-8-21-14-15)24-16-6-11-25(12-7-16)17-5-3-13-27-17;/h2-5,8,13-14,16H,6-7,9-12H2,1H3,(H,22,26)(H2,20,23,24);1H. The molecule has 7 nitrogen and oxygen atoms in total. The van der Waals surface area contributed by atoms with Crippen LogP contribution in [0.3, 0.4) is 0 Å². The van der Waals surface area contributed by atoms with E-state index in [9.17, 15) is 4.79 Å². The van der Waals surface area contributed by atoms with E-state index in [1.54, 1.807) is 42.9 Å². The van der Waals surface area contributed by atoms with Crippen LogP contribution in [0.5, 0.6) is 0 Å². The first-order valence-electron chi connectivity index (χ1n) is 9.20. The predicted molar refractivity (Wildman–Crippen MR) is 126 cm³/mol. The van der Waals surface area contributed by atoms with E-state index in [2.05, 4.69) is 48.3 Å². The Balaban J connectivity index is 0.00000280. The lowest BCUT2D eigenvalue weighted by atomic mass is 10.1. The Morgan fingerprint density at radius 1 is 1.25 bits per heavy atom. The van der Waals surface area contributed by atoms with Crippen LogP contribution in [0, 0.1) is 0 Å². The van der Waals surface area contributed by atoms with Crippen LogP contribution in [-0.4, -0.2) is 56.1 Å². The zero-order chi connectivity index (χ0) is 18.9. The normalized spacial score (nSPS) is 14.9. The Morgan fingerprint density at radius 3 is 2.68 bits per heavy atom. The minimum absolute atomic E-state index is 0. The van der Waals surface area contributed by atoms with Crippen LogP contribution in [0.4, 0.5) is 5.00 Å². The van der Waals surface area contributed by atoms with Gasteiger partial charge in [0.15, 0.2) is 5.96 Å². The van der Waals surface area contributed by atoms with Gasteiger partial charge in [0.25, 0.3) is 5.91 Å². The van der Waals surface area contributed by atoms with Gasteiger partial charge in [-0.1, -0.05) is 0 Å². The van der Waals surface area contributed by atoms with Crippen molar-refractivity contribution in [1.29, 1.82) is 0 Å². The molecule has 1 amide bonds. The van der Waals surface area contributed by atoms with Crippen molar-refractivity contribution in [2.24, 2.45) is 4.99 Å². The fourth-order valence-corrected chi connectivity index (χ4v) is 3.82. The molecule has 0 bridgehead atoms. The van der Waals surface area contributed by atoms with Gasteiger partial charge >= 0.3 is 0 Å². The number of thiophene rings is 1. The molecular weight excluding hydrogens is 487 g/mol. The number of hydrogen-bond donors (Lipinski definition) is 3. The Hall–Kier alpha value is -1.88. The predicted octanol–water partition coefficient (Wildman–Crippen LogP) is 2.32. The molecule has 1 aliphatic rings. The maximum Gasteiger partial charge on any atom is 0.252 e. The molecule has 0 unspecified atom stereocenters. The second-order valence-electron chi connectivity index (χ2n) is 6.35. The number of guanidine groups is 1. The molecule has 9 heteroatoms. The molecule has 2 aromatic heterocycles. The first-order valence-corrected chi connectivity index (χ1v) is 10.1. The highest BCUT2D eigenvalue weighted by Crippen LogP contribution is 2.24. The van der Waals surface area contributed by atoms with E-state index in [0.717, 1.165) is 31.9 Å². The topological polar surface area (TPSA) is 81.6 Å². The van der Waals surface area contributed by atoms with Crippen LogP contribution in [0.1, 0.15) is 23.2 Å². The van der Waals surface area contributed by atoms with E-state index in [-0.39, 0.29) is 29.9 Å². The van der Waals surface area contributed by atoms with E-state index >= 15 is 0 Å². The molecular formula is C19H27IN6OS. The van der Waals surface area contributed by atoms with Crippen molar-refractivity contribution in [2.45, 2.75) is 18.9 Å². The first kappa shape index (κ1) is 22.4.